The molecular formula is C18H27NO4. The van der Waals surface area contributed by atoms with Crippen LogP contribution in [0.4, 0.5) is 0 Å². The van der Waals surface area contributed by atoms with Crippen LogP contribution in [-0.4, -0.2) is 43.6 Å². The molecule has 128 valence electrons. The molecule has 5 heteroatoms. The minimum atomic E-state index is -0.293. The Kier molecular flexibility index (Phi) is 8.80. The lowest BCUT2D eigenvalue weighted by molar-refractivity contribution is -0.142. The number of ether oxygens (including phenoxy) is 2. The molecule has 1 aromatic rings. The first-order valence-electron chi connectivity index (χ1n) is 8.05. The summed E-state index contributed by atoms with van der Waals surface area (Å²) in [4.78, 5) is 25.3. The normalized spacial score (nSPS) is 10.4. The molecule has 0 radical (unpaired) electrons. The molecule has 0 fully saturated rings. The number of esters is 1. The van der Waals surface area contributed by atoms with E-state index in [1.807, 2.05) is 30.3 Å². The molecule has 5 nitrogen and oxygen atoms in total. The first-order chi connectivity index (χ1) is 11.0. The van der Waals surface area contributed by atoms with Crippen molar-refractivity contribution < 1.29 is 19.1 Å². The first-order valence-corrected chi connectivity index (χ1v) is 8.05. The third-order valence-electron chi connectivity index (χ3n) is 3.30. The van der Waals surface area contributed by atoms with Gasteiger partial charge in [0.25, 0.3) is 0 Å². The third-order valence-corrected chi connectivity index (χ3v) is 3.30. The Morgan fingerprint density at radius 2 is 1.83 bits per heavy atom. The van der Waals surface area contributed by atoms with Gasteiger partial charge >= 0.3 is 5.97 Å². The van der Waals surface area contributed by atoms with E-state index in [2.05, 4.69) is 18.6 Å². The Hall–Kier alpha value is -2.04. The fourth-order valence-electron chi connectivity index (χ4n) is 2.18. The molecule has 0 saturated carbocycles. The second-order valence-electron chi connectivity index (χ2n) is 5.82. The van der Waals surface area contributed by atoms with Gasteiger partial charge in [-0.05, 0) is 24.5 Å². The van der Waals surface area contributed by atoms with Crippen LogP contribution in [-0.2, 0) is 14.3 Å². The number of methoxy groups -OCH3 is 1. The Morgan fingerprint density at radius 1 is 1.13 bits per heavy atom. The van der Waals surface area contributed by atoms with Gasteiger partial charge in [0.15, 0.2) is 0 Å². The number of rotatable bonds is 10. The highest BCUT2D eigenvalue weighted by atomic mass is 16.5. The molecule has 1 rings (SSSR count). The van der Waals surface area contributed by atoms with Crippen LogP contribution in [0.25, 0.3) is 0 Å². The van der Waals surface area contributed by atoms with Crippen molar-refractivity contribution in [2.45, 2.75) is 33.1 Å². The molecule has 0 aliphatic carbocycles. The maximum absolute atomic E-state index is 12.3. The smallest absolute Gasteiger partial charge is 0.307 e. The molecule has 0 aliphatic heterocycles. The average Bonchev–Trinajstić information content (AvgIpc) is 2.55. The van der Waals surface area contributed by atoms with E-state index in [1.54, 1.807) is 4.90 Å². The minimum Gasteiger partial charge on any atom is -0.494 e. The lowest BCUT2D eigenvalue weighted by atomic mass is 10.2. The summed E-state index contributed by atoms with van der Waals surface area (Å²) in [7, 11) is 1.36. The largest absolute Gasteiger partial charge is 0.494 e. The number of amides is 1. The molecule has 0 aromatic heterocycles. The van der Waals surface area contributed by atoms with Crippen LogP contribution in [0.1, 0.15) is 33.1 Å². The molecule has 1 amide bonds. The van der Waals surface area contributed by atoms with Crippen molar-refractivity contribution in [2.75, 3.05) is 26.8 Å². The van der Waals surface area contributed by atoms with E-state index in [-0.39, 0.29) is 18.3 Å². The van der Waals surface area contributed by atoms with Crippen LogP contribution in [0.15, 0.2) is 30.3 Å². The van der Waals surface area contributed by atoms with Crippen LogP contribution in [0.3, 0.4) is 0 Å². The fraction of sp³-hybridized carbons (Fsp3) is 0.556. The summed E-state index contributed by atoms with van der Waals surface area (Å²) in [5.74, 6) is 0.931. The lowest BCUT2D eigenvalue weighted by Gasteiger charge is -2.24. The second kappa shape index (κ2) is 10.6. The third kappa shape index (κ3) is 8.24. The van der Waals surface area contributed by atoms with E-state index in [0.29, 0.717) is 38.5 Å². The molecule has 0 N–H and O–H groups in total. The molecule has 0 aliphatic rings. The van der Waals surface area contributed by atoms with E-state index in [0.717, 1.165) is 5.75 Å². The molecule has 0 bridgehead atoms. The number of hydrogen-bond acceptors (Lipinski definition) is 4. The maximum Gasteiger partial charge on any atom is 0.307 e. The van der Waals surface area contributed by atoms with Gasteiger partial charge < -0.3 is 14.4 Å². The maximum atomic E-state index is 12.3. The van der Waals surface area contributed by atoms with E-state index in [4.69, 9.17) is 4.74 Å². The lowest BCUT2D eigenvalue weighted by Crippen LogP contribution is -2.36. The van der Waals surface area contributed by atoms with E-state index in [9.17, 15) is 9.59 Å². The van der Waals surface area contributed by atoms with E-state index >= 15 is 0 Å². The summed E-state index contributed by atoms with van der Waals surface area (Å²) in [5, 5.41) is 0. The van der Waals surface area contributed by atoms with Crippen LogP contribution in [0.5, 0.6) is 5.75 Å². The van der Waals surface area contributed by atoms with E-state index in [1.165, 1.54) is 7.11 Å². The Balaban J connectivity index is 2.35. The molecule has 0 atom stereocenters. The molecular weight excluding hydrogens is 294 g/mol. The van der Waals surface area contributed by atoms with Crippen molar-refractivity contribution in [2.24, 2.45) is 5.92 Å². The number of hydrogen-bond donors (Lipinski definition) is 0. The highest BCUT2D eigenvalue weighted by Crippen LogP contribution is 2.10. The topological polar surface area (TPSA) is 55.8 Å². The van der Waals surface area contributed by atoms with Crippen molar-refractivity contribution in [1.29, 1.82) is 0 Å². The number of carbonyl (C=O) groups excluding carboxylic acids is 2. The monoisotopic (exact) mass is 321 g/mol. The molecule has 23 heavy (non-hydrogen) atoms. The Morgan fingerprint density at radius 3 is 2.43 bits per heavy atom. The van der Waals surface area contributed by atoms with Gasteiger partial charge in [0, 0.05) is 19.5 Å². The van der Waals surface area contributed by atoms with Crippen molar-refractivity contribution >= 4 is 11.9 Å². The zero-order chi connectivity index (χ0) is 17.1. The predicted octanol–water partition coefficient (Wildman–Crippen LogP) is 2.89. The Bertz CT molecular complexity index is 473. The SMILES string of the molecule is COC(=O)CCN(CC(C)C)C(=O)CCCOc1ccccc1. The highest BCUT2D eigenvalue weighted by Gasteiger charge is 2.16. The van der Waals surface area contributed by atoms with Gasteiger partial charge in [0.1, 0.15) is 5.75 Å². The summed E-state index contributed by atoms with van der Waals surface area (Å²) < 4.78 is 10.2. The highest BCUT2D eigenvalue weighted by molar-refractivity contribution is 5.77. The number of nitrogens with zero attached hydrogens (tertiary/aromatic N) is 1. The summed E-state index contributed by atoms with van der Waals surface area (Å²) >= 11 is 0. The average molecular weight is 321 g/mol. The van der Waals surface area contributed by atoms with E-state index < -0.39 is 0 Å². The summed E-state index contributed by atoms with van der Waals surface area (Å²) in [6.45, 7) is 5.66. The van der Waals surface area contributed by atoms with Gasteiger partial charge in [-0.2, -0.15) is 0 Å². The first kappa shape index (κ1) is 19.0. The zero-order valence-electron chi connectivity index (χ0n) is 14.3. The van der Waals surface area contributed by atoms with Crippen molar-refractivity contribution in [3.63, 3.8) is 0 Å². The van der Waals surface area contributed by atoms with Crippen molar-refractivity contribution in [3.05, 3.63) is 30.3 Å². The molecule has 0 spiro atoms. The van der Waals surface area contributed by atoms with Gasteiger partial charge in [-0.15, -0.1) is 0 Å². The number of para-hydroxylation sites is 1. The van der Waals surface area contributed by atoms with Crippen molar-refractivity contribution in [1.82, 2.24) is 4.90 Å². The van der Waals surface area contributed by atoms with Crippen LogP contribution >= 0.6 is 0 Å². The van der Waals surface area contributed by atoms with Gasteiger partial charge in [-0.3, -0.25) is 9.59 Å². The quantitative estimate of drug-likeness (QED) is 0.491. The van der Waals surface area contributed by atoms with Gasteiger partial charge in [-0.25, -0.2) is 0 Å². The van der Waals surface area contributed by atoms with Crippen LogP contribution in [0, 0.1) is 5.92 Å². The number of carbonyl (C=O) groups is 2. The van der Waals surface area contributed by atoms with Gasteiger partial charge in [0.05, 0.1) is 20.1 Å². The molecule has 0 unspecified atom stereocenters. The van der Waals surface area contributed by atoms with Gasteiger partial charge in [0.2, 0.25) is 5.91 Å². The summed E-state index contributed by atoms with van der Waals surface area (Å²) in [5.41, 5.74) is 0. The Labute approximate surface area is 138 Å². The van der Waals surface area contributed by atoms with Crippen molar-refractivity contribution in [3.8, 4) is 5.75 Å². The summed E-state index contributed by atoms with van der Waals surface area (Å²) in [6.07, 6.45) is 1.30. The zero-order valence-corrected chi connectivity index (χ0v) is 14.3. The van der Waals surface area contributed by atoms with Gasteiger partial charge in [-0.1, -0.05) is 32.0 Å². The predicted molar refractivity (Wildman–Crippen MR) is 89.2 cm³/mol. The molecule has 0 saturated heterocycles. The van der Waals surface area contributed by atoms with Crippen LogP contribution in [0.2, 0.25) is 0 Å². The summed E-state index contributed by atoms with van der Waals surface area (Å²) in [6, 6.07) is 9.54. The molecule has 0 heterocycles. The van der Waals surface area contributed by atoms with Crippen LogP contribution < -0.4 is 4.74 Å². The molecule has 1 aromatic carbocycles. The standard InChI is InChI=1S/C18H27NO4/c1-15(2)14-19(12-11-18(21)22-3)17(20)10-7-13-23-16-8-5-4-6-9-16/h4-6,8-9,15H,7,10-14H2,1-3H3. The minimum absolute atomic E-state index is 0.0549. The fourth-order valence-corrected chi connectivity index (χ4v) is 2.18. The number of benzene rings is 1. The second-order valence-corrected chi connectivity index (χ2v) is 5.82.